The van der Waals surface area contributed by atoms with Gasteiger partial charge in [0.1, 0.15) is 35.0 Å². The minimum Gasteiger partial charge on any atom is -0.462 e. The first-order valence-corrected chi connectivity index (χ1v) is 12.7. The molecule has 1 aliphatic carbocycles. The van der Waals surface area contributed by atoms with Crippen LogP contribution < -0.4 is 9.47 Å². The van der Waals surface area contributed by atoms with Crippen LogP contribution in [0.3, 0.4) is 0 Å². The Labute approximate surface area is 231 Å². The van der Waals surface area contributed by atoms with Gasteiger partial charge in [-0.1, -0.05) is 50.1 Å². The smallest absolute Gasteiger partial charge is 0.462 e. The van der Waals surface area contributed by atoms with Crippen molar-refractivity contribution in [3.05, 3.63) is 95.5 Å². The van der Waals surface area contributed by atoms with Gasteiger partial charge in [0.2, 0.25) is 0 Å². The number of cyclic esters (lactones) is 4. The van der Waals surface area contributed by atoms with E-state index in [4.69, 9.17) is 20.6 Å². The summed E-state index contributed by atoms with van der Waals surface area (Å²) in [6.07, 6.45) is 11.9. The van der Waals surface area contributed by atoms with Gasteiger partial charge in [-0.2, -0.15) is 0 Å². The second kappa shape index (κ2) is 10.3. The van der Waals surface area contributed by atoms with Crippen LogP contribution >= 0.6 is 0 Å². The Morgan fingerprint density at radius 1 is 0.925 bits per heavy atom. The Balaban J connectivity index is 1.24. The lowest BCUT2D eigenvalue weighted by Gasteiger charge is -2.26. The SMILES string of the molecule is C#CC1C(=O)OC(=O)C1/C=C(\C)Oc1ccc(C(C)(C)c2ccc(OC3=CC4C(=[OH+])OC(=O)C4C=C3)cc2)cc1. The molecule has 1 N–H and O–H groups in total. The number of ether oxygens (including phenoxy) is 4. The first kappa shape index (κ1) is 26.7. The van der Waals surface area contributed by atoms with Gasteiger partial charge in [0.25, 0.3) is 0 Å². The van der Waals surface area contributed by atoms with E-state index in [0.717, 1.165) is 11.1 Å². The Bertz CT molecular complexity index is 1520. The van der Waals surface area contributed by atoms with Crippen LogP contribution in [0.25, 0.3) is 0 Å². The van der Waals surface area contributed by atoms with Gasteiger partial charge in [0.05, 0.1) is 5.76 Å². The predicted octanol–water partition coefficient (Wildman–Crippen LogP) is 4.37. The largest absolute Gasteiger partial charge is 0.500 e. The summed E-state index contributed by atoms with van der Waals surface area (Å²) in [6, 6.07) is 15.3. The number of hydrogen-bond acceptors (Lipinski definition) is 7. The average molecular weight is 540 g/mol. The molecule has 0 spiro atoms. The van der Waals surface area contributed by atoms with Crippen LogP contribution in [0.2, 0.25) is 0 Å². The van der Waals surface area contributed by atoms with E-state index in [1.165, 1.54) is 6.08 Å². The summed E-state index contributed by atoms with van der Waals surface area (Å²) in [7, 11) is 0. The van der Waals surface area contributed by atoms with E-state index < -0.39 is 41.6 Å². The number of carbonyl (C=O) groups is 3. The van der Waals surface area contributed by atoms with Crippen molar-refractivity contribution < 1.29 is 38.1 Å². The van der Waals surface area contributed by atoms with Crippen LogP contribution in [-0.4, -0.2) is 28.7 Å². The van der Waals surface area contributed by atoms with Crippen molar-refractivity contribution in [1.82, 2.24) is 0 Å². The minimum absolute atomic E-state index is 0.312. The highest BCUT2D eigenvalue weighted by molar-refractivity contribution is 6.00. The van der Waals surface area contributed by atoms with Crippen molar-refractivity contribution in [2.45, 2.75) is 26.2 Å². The van der Waals surface area contributed by atoms with Crippen LogP contribution in [0.15, 0.2) is 84.4 Å². The summed E-state index contributed by atoms with van der Waals surface area (Å²) in [5.41, 5.74) is 1.77. The zero-order valence-electron chi connectivity index (χ0n) is 22.1. The minimum atomic E-state index is -0.950. The Kier molecular flexibility index (Phi) is 6.90. The lowest BCUT2D eigenvalue weighted by molar-refractivity contribution is -0.153. The lowest BCUT2D eigenvalue weighted by Crippen LogP contribution is -2.19. The fourth-order valence-corrected chi connectivity index (χ4v) is 4.92. The molecule has 0 aromatic heterocycles. The summed E-state index contributed by atoms with van der Waals surface area (Å²) in [5.74, 6) is -0.626. The Morgan fingerprint density at radius 2 is 1.55 bits per heavy atom. The number of esters is 4. The predicted molar refractivity (Wildman–Crippen MR) is 144 cm³/mol. The standard InChI is InChI=1S/C32H26O8/c1-5-24-26(30(35)39-28(24)33)16-18(2)37-21-10-6-19(7-11-21)32(3,4)20-8-12-22(13-9-20)38-23-14-15-25-27(17-23)31(36)40-29(25)34/h1,6-17,24-27H,2-4H3/p+1/b18-16+. The fraction of sp³-hybridized carbons (Fsp3) is 0.250. The number of carbonyl (C=O) groups excluding carboxylic acids is 4. The molecule has 2 fully saturated rings. The summed E-state index contributed by atoms with van der Waals surface area (Å²) >= 11 is 0. The molecule has 8 nitrogen and oxygen atoms in total. The van der Waals surface area contributed by atoms with Crippen molar-refractivity contribution in [3.8, 4) is 23.8 Å². The van der Waals surface area contributed by atoms with Gasteiger partial charge in [-0.3, -0.25) is 9.59 Å². The van der Waals surface area contributed by atoms with Gasteiger partial charge in [-0.05, 0) is 60.5 Å². The summed E-state index contributed by atoms with van der Waals surface area (Å²) in [5, 5.41) is 0. The number of benzene rings is 2. The summed E-state index contributed by atoms with van der Waals surface area (Å²) in [4.78, 5) is 45.2. The van der Waals surface area contributed by atoms with Crippen molar-refractivity contribution in [1.29, 1.82) is 0 Å². The number of hydrogen-bond donors (Lipinski definition) is 0. The summed E-state index contributed by atoms with van der Waals surface area (Å²) < 4.78 is 21.2. The van der Waals surface area contributed by atoms with E-state index in [1.807, 2.05) is 48.5 Å². The molecule has 0 amide bonds. The van der Waals surface area contributed by atoms with Gasteiger partial charge in [-0.15, -0.1) is 6.42 Å². The number of allylic oxidation sites excluding steroid dienone is 2. The maximum Gasteiger partial charge on any atom is 0.500 e. The third-order valence-corrected chi connectivity index (χ3v) is 7.31. The fourth-order valence-electron chi connectivity index (χ4n) is 4.92. The lowest BCUT2D eigenvalue weighted by atomic mass is 9.78. The van der Waals surface area contributed by atoms with E-state index >= 15 is 0 Å². The molecule has 2 aromatic carbocycles. The molecule has 202 valence electrons. The van der Waals surface area contributed by atoms with Gasteiger partial charge in [-0.25, -0.2) is 9.53 Å². The van der Waals surface area contributed by atoms with Crippen molar-refractivity contribution in [2.24, 2.45) is 23.7 Å². The Hall–Kier alpha value is -4.90. The number of fused-ring (bicyclic) bond motifs is 1. The van der Waals surface area contributed by atoms with Crippen LogP contribution in [0.1, 0.15) is 31.9 Å². The maximum absolute atomic E-state index is 11.9. The van der Waals surface area contributed by atoms with Crippen molar-refractivity contribution in [3.63, 3.8) is 0 Å². The van der Waals surface area contributed by atoms with Gasteiger partial charge in [0, 0.05) is 5.41 Å². The first-order valence-electron chi connectivity index (χ1n) is 12.7. The third-order valence-electron chi connectivity index (χ3n) is 7.31. The molecule has 4 atom stereocenters. The van der Waals surface area contributed by atoms with E-state index in [2.05, 4.69) is 24.5 Å². The molecule has 2 aliphatic heterocycles. The van der Waals surface area contributed by atoms with Gasteiger partial charge >= 0.3 is 23.9 Å². The quantitative estimate of drug-likeness (QED) is 0.169. The topological polar surface area (TPSA) is 110 Å². The van der Waals surface area contributed by atoms with Gasteiger partial charge < -0.3 is 19.0 Å². The van der Waals surface area contributed by atoms with Crippen LogP contribution in [-0.2, 0) is 29.3 Å². The van der Waals surface area contributed by atoms with Crippen LogP contribution in [0, 0.1) is 36.0 Å². The monoisotopic (exact) mass is 539 g/mol. The summed E-state index contributed by atoms with van der Waals surface area (Å²) in [6.45, 7) is 5.90. The molecule has 5 rings (SSSR count). The number of rotatable bonds is 7. The zero-order chi connectivity index (χ0) is 28.6. The van der Waals surface area contributed by atoms with Gasteiger partial charge in [0.15, 0.2) is 5.92 Å². The Morgan fingerprint density at radius 3 is 2.17 bits per heavy atom. The second-order valence-corrected chi connectivity index (χ2v) is 10.3. The molecule has 0 saturated carbocycles. The second-order valence-electron chi connectivity index (χ2n) is 10.3. The maximum atomic E-state index is 11.9. The van der Waals surface area contributed by atoms with Crippen molar-refractivity contribution in [2.75, 3.05) is 0 Å². The molecule has 0 radical (unpaired) electrons. The average Bonchev–Trinajstić information content (AvgIpc) is 3.36. The molecule has 3 aliphatic rings. The molecule has 2 aromatic rings. The highest BCUT2D eigenvalue weighted by Crippen LogP contribution is 2.35. The van der Waals surface area contributed by atoms with E-state index in [1.54, 1.807) is 25.2 Å². The number of terminal acetylenes is 1. The highest BCUT2D eigenvalue weighted by Gasteiger charge is 2.51. The van der Waals surface area contributed by atoms with Crippen LogP contribution in [0.4, 0.5) is 0 Å². The van der Waals surface area contributed by atoms with Crippen molar-refractivity contribution >= 4 is 23.9 Å². The van der Waals surface area contributed by atoms with E-state index in [-0.39, 0.29) is 11.4 Å². The highest BCUT2D eigenvalue weighted by atomic mass is 16.6. The van der Waals surface area contributed by atoms with E-state index in [0.29, 0.717) is 23.0 Å². The molecule has 0 bridgehead atoms. The molecule has 40 heavy (non-hydrogen) atoms. The third kappa shape index (κ3) is 5.06. The molecule has 2 heterocycles. The molecule has 4 unspecified atom stereocenters. The molecule has 8 heteroatoms. The molecular formula is C32H27O8+. The normalized spacial score (nSPS) is 24.1. The molecular weight excluding hydrogens is 512 g/mol. The zero-order valence-corrected chi connectivity index (χ0v) is 22.1. The van der Waals surface area contributed by atoms with E-state index in [9.17, 15) is 19.2 Å². The van der Waals surface area contributed by atoms with Crippen LogP contribution in [0.5, 0.6) is 11.5 Å². The molecule has 2 saturated heterocycles. The first-order chi connectivity index (χ1) is 19.1.